The van der Waals surface area contributed by atoms with Gasteiger partial charge in [0.25, 0.3) is 5.91 Å². The highest BCUT2D eigenvalue weighted by atomic mass is 35.5. The molecule has 1 amide bonds. The minimum atomic E-state index is -0.495. The highest BCUT2D eigenvalue weighted by Gasteiger charge is 2.12. The summed E-state index contributed by atoms with van der Waals surface area (Å²) in [5.74, 6) is -0.368. The van der Waals surface area contributed by atoms with Gasteiger partial charge in [-0.05, 0) is 47.5 Å². The Hall–Kier alpha value is -3.62. The second kappa shape index (κ2) is 10.2. The van der Waals surface area contributed by atoms with Crippen LogP contribution >= 0.6 is 11.6 Å². The van der Waals surface area contributed by atoms with Crippen molar-refractivity contribution in [3.05, 3.63) is 106 Å². The van der Waals surface area contributed by atoms with Gasteiger partial charge in [0.05, 0.1) is 0 Å². The van der Waals surface area contributed by atoms with E-state index in [-0.39, 0.29) is 18.0 Å². The molecule has 3 aromatic rings. The van der Waals surface area contributed by atoms with Crippen LogP contribution in [0.15, 0.2) is 78.4 Å². The Morgan fingerprint density at radius 3 is 2.50 bits per heavy atom. The van der Waals surface area contributed by atoms with Crippen molar-refractivity contribution in [3.63, 3.8) is 0 Å². The first kappa shape index (κ1) is 21.1. The standard InChI is InChI=1S/C24H18ClFN2O2/c25-21-8-11-23(30-16-18-6-9-22(26)10-7-18)19(13-21)12-20(14-27)24(29)28-15-17-4-2-1-3-5-17/h1-13H,15-16H2,(H,28,29)/b20-12+. The van der Waals surface area contributed by atoms with Crippen LogP contribution in [0.25, 0.3) is 6.08 Å². The third-order valence-corrected chi connectivity index (χ3v) is 4.48. The molecule has 0 heterocycles. The SMILES string of the molecule is N#C/C(=C\c1cc(Cl)ccc1OCc1ccc(F)cc1)C(=O)NCc1ccccc1. The van der Waals surface area contributed by atoms with Crippen molar-refractivity contribution < 1.29 is 13.9 Å². The number of nitrogens with zero attached hydrogens (tertiary/aromatic N) is 1. The molecule has 0 aliphatic heterocycles. The number of nitrogens with one attached hydrogen (secondary N) is 1. The minimum absolute atomic E-state index is 0.0696. The minimum Gasteiger partial charge on any atom is -0.488 e. The van der Waals surface area contributed by atoms with Crippen molar-refractivity contribution in [2.24, 2.45) is 0 Å². The maximum absolute atomic E-state index is 13.1. The van der Waals surface area contributed by atoms with Gasteiger partial charge < -0.3 is 10.1 Å². The molecule has 0 aliphatic carbocycles. The summed E-state index contributed by atoms with van der Waals surface area (Å²) in [4.78, 5) is 12.4. The first-order chi connectivity index (χ1) is 14.5. The summed E-state index contributed by atoms with van der Waals surface area (Å²) in [5.41, 5.74) is 2.13. The third-order valence-electron chi connectivity index (χ3n) is 4.24. The van der Waals surface area contributed by atoms with E-state index in [1.54, 1.807) is 30.3 Å². The van der Waals surface area contributed by atoms with Crippen LogP contribution in [0.4, 0.5) is 4.39 Å². The van der Waals surface area contributed by atoms with Gasteiger partial charge in [-0.1, -0.05) is 54.1 Å². The van der Waals surface area contributed by atoms with Gasteiger partial charge in [0.1, 0.15) is 29.8 Å². The number of halogens is 2. The summed E-state index contributed by atoms with van der Waals surface area (Å²) in [6, 6.07) is 22.2. The number of ether oxygens (including phenoxy) is 1. The smallest absolute Gasteiger partial charge is 0.262 e. The molecule has 0 saturated carbocycles. The number of carbonyl (C=O) groups excluding carboxylic acids is 1. The summed E-state index contributed by atoms with van der Waals surface area (Å²) >= 11 is 6.09. The normalized spacial score (nSPS) is 10.9. The molecule has 0 aromatic heterocycles. The van der Waals surface area contributed by atoms with Crippen LogP contribution in [-0.2, 0) is 17.9 Å². The van der Waals surface area contributed by atoms with E-state index in [2.05, 4.69) is 5.32 Å². The molecule has 6 heteroatoms. The van der Waals surface area contributed by atoms with E-state index in [4.69, 9.17) is 16.3 Å². The lowest BCUT2D eigenvalue weighted by Gasteiger charge is -2.11. The monoisotopic (exact) mass is 420 g/mol. The predicted molar refractivity (Wildman–Crippen MR) is 114 cm³/mol. The van der Waals surface area contributed by atoms with E-state index in [0.717, 1.165) is 11.1 Å². The molecule has 0 unspecified atom stereocenters. The molecule has 0 bridgehead atoms. The van der Waals surface area contributed by atoms with E-state index in [1.807, 2.05) is 36.4 Å². The summed E-state index contributed by atoms with van der Waals surface area (Å²) in [7, 11) is 0. The first-order valence-electron chi connectivity index (χ1n) is 9.16. The molecule has 3 rings (SSSR count). The van der Waals surface area contributed by atoms with Gasteiger partial charge in [-0.2, -0.15) is 5.26 Å². The van der Waals surface area contributed by atoms with E-state index in [1.165, 1.54) is 18.2 Å². The fourth-order valence-electron chi connectivity index (χ4n) is 2.68. The van der Waals surface area contributed by atoms with Gasteiger partial charge in [0, 0.05) is 17.1 Å². The van der Waals surface area contributed by atoms with Crippen molar-refractivity contribution >= 4 is 23.6 Å². The Morgan fingerprint density at radius 1 is 1.07 bits per heavy atom. The van der Waals surface area contributed by atoms with Crippen LogP contribution in [0.3, 0.4) is 0 Å². The molecule has 150 valence electrons. The van der Waals surface area contributed by atoms with Gasteiger partial charge in [-0.25, -0.2) is 4.39 Å². The van der Waals surface area contributed by atoms with Crippen LogP contribution in [0, 0.1) is 17.1 Å². The maximum atomic E-state index is 13.1. The highest BCUT2D eigenvalue weighted by Crippen LogP contribution is 2.26. The number of benzene rings is 3. The molecule has 3 aromatic carbocycles. The van der Waals surface area contributed by atoms with Gasteiger partial charge in [0.15, 0.2) is 0 Å². The fourth-order valence-corrected chi connectivity index (χ4v) is 2.86. The Bertz CT molecular complexity index is 1090. The van der Waals surface area contributed by atoms with Crippen molar-refractivity contribution in [2.75, 3.05) is 0 Å². The molecule has 4 nitrogen and oxygen atoms in total. The van der Waals surface area contributed by atoms with Crippen molar-refractivity contribution in [1.82, 2.24) is 5.32 Å². The van der Waals surface area contributed by atoms with E-state index >= 15 is 0 Å². The predicted octanol–water partition coefficient (Wildman–Crippen LogP) is 5.28. The maximum Gasteiger partial charge on any atom is 0.262 e. The van der Waals surface area contributed by atoms with Gasteiger partial charge in [-0.3, -0.25) is 4.79 Å². The highest BCUT2D eigenvalue weighted by molar-refractivity contribution is 6.30. The molecule has 0 fully saturated rings. The Labute approximate surface area is 179 Å². The Kier molecular flexibility index (Phi) is 7.20. The second-order valence-electron chi connectivity index (χ2n) is 6.44. The quantitative estimate of drug-likeness (QED) is 0.417. The third kappa shape index (κ3) is 5.94. The van der Waals surface area contributed by atoms with E-state index in [9.17, 15) is 14.4 Å². The van der Waals surface area contributed by atoms with Crippen molar-refractivity contribution in [1.29, 1.82) is 5.26 Å². The molecular weight excluding hydrogens is 403 g/mol. The van der Waals surface area contributed by atoms with Crippen LogP contribution in [0.5, 0.6) is 5.75 Å². The molecule has 0 aliphatic rings. The molecular formula is C24H18ClFN2O2. The Balaban J connectivity index is 1.75. The Morgan fingerprint density at radius 2 is 1.80 bits per heavy atom. The second-order valence-corrected chi connectivity index (χ2v) is 6.87. The van der Waals surface area contributed by atoms with Gasteiger partial charge in [-0.15, -0.1) is 0 Å². The number of nitriles is 1. The lowest BCUT2D eigenvalue weighted by molar-refractivity contribution is -0.117. The molecule has 30 heavy (non-hydrogen) atoms. The van der Waals surface area contributed by atoms with Crippen LogP contribution in [0.2, 0.25) is 5.02 Å². The summed E-state index contributed by atoms with van der Waals surface area (Å²) in [6.45, 7) is 0.507. The number of carbonyl (C=O) groups is 1. The molecule has 0 spiro atoms. The summed E-state index contributed by atoms with van der Waals surface area (Å²) in [6.07, 6.45) is 1.44. The topological polar surface area (TPSA) is 62.1 Å². The lowest BCUT2D eigenvalue weighted by Crippen LogP contribution is -2.23. The van der Waals surface area contributed by atoms with Gasteiger partial charge >= 0.3 is 0 Å². The molecule has 0 radical (unpaired) electrons. The van der Waals surface area contributed by atoms with Crippen LogP contribution in [0.1, 0.15) is 16.7 Å². The average molecular weight is 421 g/mol. The summed E-state index contributed by atoms with van der Waals surface area (Å²) in [5, 5.41) is 12.6. The number of rotatable bonds is 7. The molecule has 0 saturated heterocycles. The van der Waals surface area contributed by atoms with Gasteiger partial charge in [0.2, 0.25) is 0 Å². The zero-order chi connectivity index (χ0) is 21.3. The zero-order valence-corrected chi connectivity index (χ0v) is 16.7. The largest absolute Gasteiger partial charge is 0.488 e. The summed E-state index contributed by atoms with van der Waals surface area (Å²) < 4.78 is 18.9. The van der Waals surface area contributed by atoms with E-state index < -0.39 is 5.91 Å². The molecule has 1 N–H and O–H groups in total. The van der Waals surface area contributed by atoms with Crippen LogP contribution < -0.4 is 10.1 Å². The number of amides is 1. The van der Waals surface area contributed by atoms with Crippen molar-refractivity contribution in [2.45, 2.75) is 13.2 Å². The average Bonchev–Trinajstić information content (AvgIpc) is 2.77. The fraction of sp³-hybridized carbons (Fsp3) is 0.0833. The van der Waals surface area contributed by atoms with Crippen molar-refractivity contribution in [3.8, 4) is 11.8 Å². The number of hydrogen-bond donors (Lipinski definition) is 1. The number of hydrogen-bond acceptors (Lipinski definition) is 3. The lowest BCUT2D eigenvalue weighted by atomic mass is 10.1. The zero-order valence-electron chi connectivity index (χ0n) is 15.9. The first-order valence-corrected chi connectivity index (χ1v) is 9.53. The van der Waals surface area contributed by atoms with E-state index in [0.29, 0.717) is 22.9 Å². The van der Waals surface area contributed by atoms with Crippen LogP contribution in [-0.4, -0.2) is 5.91 Å². The molecule has 0 atom stereocenters.